The molecule has 28 heavy (non-hydrogen) atoms. The Balaban J connectivity index is 1.36. The minimum absolute atomic E-state index is 0.118. The number of fused-ring (bicyclic) bond motifs is 1. The largest absolute Gasteiger partial charge is 0.354 e. The summed E-state index contributed by atoms with van der Waals surface area (Å²) in [6.07, 6.45) is 7.94. The van der Waals surface area contributed by atoms with Crippen molar-refractivity contribution in [2.45, 2.75) is 51.5 Å². The fraction of sp³-hybridized carbons (Fsp3) is 0.591. The zero-order valence-electron chi connectivity index (χ0n) is 16.2. The summed E-state index contributed by atoms with van der Waals surface area (Å²) >= 11 is 5.39. The summed E-state index contributed by atoms with van der Waals surface area (Å²) in [4.78, 5) is 28.9. The van der Waals surface area contributed by atoms with Gasteiger partial charge in [-0.3, -0.25) is 14.2 Å². The van der Waals surface area contributed by atoms with Crippen LogP contribution in [-0.2, 0) is 4.79 Å². The summed E-state index contributed by atoms with van der Waals surface area (Å²) < 4.78 is 1.70. The van der Waals surface area contributed by atoms with Crippen LogP contribution in [-0.4, -0.2) is 22.0 Å². The van der Waals surface area contributed by atoms with E-state index >= 15 is 0 Å². The molecule has 6 rings (SSSR count). The van der Waals surface area contributed by atoms with Crippen LogP contribution in [0, 0.1) is 27.9 Å². The Hall–Kier alpha value is -1.95. The van der Waals surface area contributed by atoms with Crippen LogP contribution in [0.25, 0.3) is 10.9 Å². The third-order valence-corrected chi connectivity index (χ3v) is 7.70. The third-order valence-electron chi connectivity index (χ3n) is 7.41. The highest BCUT2D eigenvalue weighted by Crippen LogP contribution is 2.59. The molecule has 5 nitrogen and oxygen atoms in total. The minimum atomic E-state index is -0.630. The first-order valence-electron chi connectivity index (χ1n) is 10.5. The quantitative estimate of drug-likeness (QED) is 0.768. The summed E-state index contributed by atoms with van der Waals surface area (Å²) in [5.41, 5.74) is 0.772. The Morgan fingerprint density at radius 3 is 2.46 bits per heavy atom. The van der Waals surface area contributed by atoms with Crippen molar-refractivity contribution >= 4 is 29.0 Å². The van der Waals surface area contributed by atoms with E-state index in [0.29, 0.717) is 15.7 Å². The van der Waals surface area contributed by atoms with Gasteiger partial charge in [0.2, 0.25) is 5.91 Å². The first kappa shape index (κ1) is 18.1. The smallest absolute Gasteiger partial charge is 0.262 e. The molecule has 0 spiro atoms. The zero-order valence-corrected chi connectivity index (χ0v) is 17.1. The predicted octanol–water partition coefficient (Wildman–Crippen LogP) is 3.95. The molecule has 1 heterocycles. The summed E-state index contributed by atoms with van der Waals surface area (Å²) in [6, 6.07) is 6.64. The lowest BCUT2D eigenvalue weighted by Gasteiger charge is -2.57. The first-order chi connectivity index (χ1) is 13.4. The van der Waals surface area contributed by atoms with Crippen molar-refractivity contribution in [3.8, 4) is 0 Å². The monoisotopic (exact) mass is 397 g/mol. The van der Waals surface area contributed by atoms with Crippen LogP contribution in [0.15, 0.2) is 29.1 Å². The number of aromatic nitrogens is 2. The van der Waals surface area contributed by atoms with Gasteiger partial charge in [0.1, 0.15) is 6.04 Å². The number of hydrogen-bond donors (Lipinski definition) is 2. The van der Waals surface area contributed by atoms with Gasteiger partial charge < -0.3 is 10.3 Å². The molecule has 0 saturated heterocycles. The maximum absolute atomic E-state index is 12.9. The predicted molar refractivity (Wildman–Crippen MR) is 112 cm³/mol. The second-order valence-electron chi connectivity index (χ2n) is 9.46. The van der Waals surface area contributed by atoms with E-state index in [4.69, 9.17) is 12.2 Å². The number of hydrogen-bond acceptors (Lipinski definition) is 3. The molecule has 6 heteroatoms. The Morgan fingerprint density at radius 2 is 1.82 bits per heavy atom. The van der Waals surface area contributed by atoms with Gasteiger partial charge in [0.25, 0.3) is 5.56 Å². The molecular weight excluding hydrogens is 370 g/mol. The summed E-state index contributed by atoms with van der Waals surface area (Å²) in [6.45, 7) is 2.49. The molecule has 148 valence electrons. The lowest BCUT2D eigenvalue weighted by molar-refractivity contribution is -0.126. The van der Waals surface area contributed by atoms with Crippen molar-refractivity contribution in [1.29, 1.82) is 0 Å². The van der Waals surface area contributed by atoms with Crippen LogP contribution >= 0.6 is 12.2 Å². The molecular formula is C22H27N3O2S. The Morgan fingerprint density at radius 1 is 1.21 bits per heavy atom. The number of H-pyrrole nitrogens is 1. The number of para-hydroxylation sites is 1. The second kappa shape index (κ2) is 6.55. The highest BCUT2D eigenvalue weighted by molar-refractivity contribution is 7.71. The number of nitrogens with zero attached hydrogens (tertiary/aromatic N) is 1. The fourth-order valence-electron chi connectivity index (χ4n) is 6.57. The molecule has 4 aliphatic carbocycles. The van der Waals surface area contributed by atoms with Crippen LogP contribution < -0.4 is 10.9 Å². The topological polar surface area (TPSA) is 66.9 Å². The average molecular weight is 398 g/mol. The van der Waals surface area contributed by atoms with Gasteiger partial charge in [-0.1, -0.05) is 12.1 Å². The van der Waals surface area contributed by atoms with Crippen LogP contribution in [0.4, 0.5) is 0 Å². The van der Waals surface area contributed by atoms with Gasteiger partial charge in [-0.25, -0.2) is 0 Å². The molecule has 4 bridgehead atoms. The number of rotatable bonds is 4. The molecule has 4 fully saturated rings. The maximum Gasteiger partial charge on any atom is 0.262 e. The van der Waals surface area contributed by atoms with Crippen molar-refractivity contribution in [3.05, 3.63) is 39.4 Å². The number of nitrogens with one attached hydrogen (secondary N) is 2. The van der Waals surface area contributed by atoms with Crippen LogP contribution in [0.1, 0.15) is 51.5 Å². The molecule has 1 atom stereocenters. The van der Waals surface area contributed by atoms with E-state index in [1.165, 1.54) is 43.1 Å². The number of carbonyl (C=O) groups is 1. The molecule has 2 aromatic rings. The molecule has 0 unspecified atom stereocenters. The van der Waals surface area contributed by atoms with E-state index in [9.17, 15) is 9.59 Å². The zero-order chi connectivity index (χ0) is 19.5. The lowest BCUT2D eigenvalue weighted by atomic mass is 9.49. The molecule has 4 saturated carbocycles. The molecule has 1 amide bonds. The number of aromatic amines is 1. The van der Waals surface area contributed by atoms with Crippen molar-refractivity contribution in [2.75, 3.05) is 6.54 Å². The highest BCUT2D eigenvalue weighted by Gasteiger charge is 2.50. The van der Waals surface area contributed by atoms with Gasteiger partial charge in [0, 0.05) is 6.54 Å². The number of carbonyl (C=O) groups excluding carboxylic acids is 1. The van der Waals surface area contributed by atoms with Gasteiger partial charge in [-0.05, 0) is 93.0 Å². The SMILES string of the molecule is C[C@H](C(=O)NCC12CC3CC(CC(C3)C1)C2)n1c(=S)[nH]c2ccccc2c1=O. The number of benzene rings is 1. The van der Waals surface area contributed by atoms with E-state index in [1.54, 1.807) is 13.0 Å². The van der Waals surface area contributed by atoms with E-state index in [2.05, 4.69) is 10.3 Å². The lowest BCUT2D eigenvalue weighted by Crippen LogP contribution is -2.52. The Labute approximate surface area is 169 Å². The van der Waals surface area contributed by atoms with E-state index in [-0.39, 0.29) is 16.9 Å². The second-order valence-corrected chi connectivity index (χ2v) is 9.85. The summed E-state index contributed by atoms with van der Waals surface area (Å²) in [5.74, 6) is 2.46. The molecule has 1 aromatic heterocycles. The maximum atomic E-state index is 12.9. The Bertz CT molecular complexity index is 1020. The summed E-state index contributed by atoms with van der Waals surface area (Å²) in [7, 11) is 0. The van der Waals surface area contributed by atoms with Crippen molar-refractivity contribution < 1.29 is 4.79 Å². The third kappa shape index (κ3) is 2.93. The minimum Gasteiger partial charge on any atom is -0.354 e. The van der Waals surface area contributed by atoms with Gasteiger partial charge in [-0.15, -0.1) is 0 Å². The van der Waals surface area contributed by atoms with Crippen molar-refractivity contribution in [2.24, 2.45) is 23.2 Å². The van der Waals surface area contributed by atoms with E-state index in [0.717, 1.165) is 24.3 Å². The number of amides is 1. The average Bonchev–Trinajstić information content (AvgIpc) is 2.65. The van der Waals surface area contributed by atoms with Gasteiger partial charge in [0.15, 0.2) is 4.77 Å². The van der Waals surface area contributed by atoms with Crippen LogP contribution in [0.3, 0.4) is 0 Å². The van der Waals surface area contributed by atoms with Crippen molar-refractivity contribution in [3.63, 3.8) is 0 Å². The molecule has 4 aliphatic rings. The Kier molecular flexibility index (Phi) is 4.23. The van der Waals surface area contributed by atoms with Crippen molar-refractivity contribution in [1.82, 2.24) is 14.9 Å². The molecule has 2 N–H and O–H groups in total. The molecule has 0 aliphatic heterocycles. The summed E-state index contributed by atoms with van der Waals surface area (Å²) in [5, 5.41) is 3.73. The fourth-order valence-corrected chi connectivity index (χ4v) is 6.92. The highest BCUT2D eigenvalue weighted by atomic mass is 32.1. The van der Waals surface area contributed by atoms with Crippen LogP contribution in [0.5, 0.6) is 0 Å². The molecule has 0 radical (unpaired) electrons. The standard InChI is InChI=1S/C22H27N3O2S/c1-13(25-20(27)17-4-2-3-5-18(17)24-21(25)28)19(26)23-12-22-9-14-6-15(10-22)8-16(7-14)11-22/h2-5,13-16H,6-12H2,1H3,(H,23,26)(H,24,28)/t13-,14?,15?,16?,22?/m1/s1. The molecule has 1 aromatic carbocycles. The van der Waals surface area contributed by atoms with E-state index in [1.807, 2.05) is 18.2 Å². The first-order valence-corrected chi connectivity index (χ1v) is 10.9. The van der Waals surface area contributed by atoms with Gasteiger partial charge >= 0.3 is 0 Å². The normalized spacial score (nSPS) is 31.8. The van der Waals surface area contributed by atoms with Gasteiger partial charge in [0.05, 0.1) is 10.9 Å². The van der Waals surface area contributed by atoms with Crippen LogP contribution in [0.2, 0.25) is 0 Å². The van der Waals surface area contributed by atoms with E-state index < -0.39 is 6.04 Å². The van der Waals surface area contributed by atoms with Gasteiger partial charge in [-0.2, -0.15) is 0 Å².